The van der Waals surface area contributed by atoms with Crippen LogP contribution >= 0.6 is 23.5 Å². The lowest BCUT2D eigenvalue weighted by molar-refractivity contribution is 0.414. The molecule has 0 fully saturated rings. The molecule has 0 heterocycles. The van der Waals surface area contributed by atoms with Crippen molar-refractivity contribution in [3.05, 3.63) is 24.3 Å². The van der Waals surface area contributed by atoms with Crippen molar-refractivity contribution in [2.75, 3.05) is 12.9 Å². The number of rotatable bonds is 3. The van der Waals surface area contributed by atoms with E-state index in [1.54, 1.807) is 18.9 Å². The van der Waals surface area contributed by atoms with Gasteiger partial charge in [-0.25, -0.2) is 0 Å². The van der Waals surface area contributed by atoms with E-state index in [4.69, 9.17) is 10.00 Å². The van der Waals surface area contributed by atoms with Crippen molar-refractivity contribution in [1.82, 2.24) is 0 Å². The van der Waals surface area contributed by atoms with E-state index in [0.717, 1.165) is 20.8 Å². The van der Waals surface area contributed by atoms with Crippen LogP contribution < -0.4 is 4.74 Å². The van der Waals surface area contributed by atoms with Crippen LogP contribution in [0, 0.1) is 11.5 Å². The van der Waals surface area contributed by atoms with Crippen molar-refractivity contribution in [2.45, 2.75) is 11.8 Å². The molecule has 0 aliphatic carbocycles. The number of hydrogen-bond acceptors (Lipinski definition) is 5. The number of nitrogens with zero attached hydrogens (tertiary/aromatic N) is 2. The van der Waals surface area contributed by atoms with Gasteiger partial charge < -0.3 is 4.74 Å². The van der Waals surface area contributed by atoms with E-state index in [1.807, 2.05) is 37.4 Å². The summed E-state index contributed by atoms with van der Waals surface area (Å²) in [4.78, 5) is 4.82. The fourth-order valence-corrected chi connectivity index (χ4v) is 2.78. The molecular formula is C11H12N2OS2. The van der Waals surface area contributed by atoms with Crippen molar-refractivity contribution < 1.29 is 4.74 Å². The Morgan fingerprint density at radius 3 is 2.62 bits per heavy atom. The molecule has 1 aromatic carbocycles. The van der Waals surface area contributed by atoms with Gasteiger partial charge >= 0.3 is 0 Å². The molecule has 0 bridgehead atoms. The number of aliphatic imine (C=N–C) groups is 1. The minimum absolute atomic E-state index is 0.773. The average Bonchev–Trinajstić information content (AvgIpc) is 2.31. The lowest BCUT2D eigenvalue weighted by Crippen LogP contribution is -1.87. The Hall–Kier alpha value is -1.12. The molecule has 0 aliphatic rings. The highest BCUT2D eigenvalue weighted by atomic mass is 32.2. The molecule has 1 aromatic rings. The molecule has 0 saturated heterocycles. The second-order valence-corrected chi connectivity index (χ2v) is 5.26. The van der Waals surface area contributed by atoms with Gasteiger partial charge in [-0.3, -0.25) is 0 Å². The monoisotopic (exact) mass is 252 g/mol. The van der Waals surface area contributed by atoms with Crippen molar-refractivity contribution in [3.63, 3.8) is 0 Å². The summed E-state index contributed by atoms with van der Waals surface area (Å²) < 4.78 is 5.85. The van der Waals surface area contributed by atoms with Crippen LogP contribution in [0.5, 0.6) is 5.75 Å². The fourth-order valence-electron chi connectivity index (χ4n) is 0.993. The molecule has 0 aliphatic heterocycles. The van der Waals surface area contributed by atoms with E-state index < -0.39 is 0 Å². The molecule has 0 amide bonds. The van der Waals surface area contributed by atoms with Gasteiger partial charge in [0.15, 0.2) is 0 Å². The van der Waals surface area contributed by atoms with Gasteiger partial charge in [-0.2, -0.15) is 10.3 Å². The maximum absolute atomic E-state index is 8.54. The van der Waals surface area contributed by atoms with Gasteiger partial charge in [-0.05, 0) is 30.0 Å². The largest absolute Gasteiger partial charge is 0.497 e. The van der Waals surface area contributed by atoms with Crippen LogP contribution in [0.1, 0.15) is 6.92 Å². The fraction of sp³-hybridized carbons (Fsp3) is 0.273. The first-order valence-electron chi connectivity index (χ1n) is 4.71. The van der Waals surface area contributed by atoms with E-state index in [0.29, 0.717) is 0 Å². The van der Waals surface area contributed by atoms with E-state index >= 15 is 0 Å². The normalized spacial score (nSPS) is 10.9. The molecule has 16 heavy (non-hydrogen) atoms. The molecule has 0 radical (unpaired) electrons. The third kappa shape index (κ3) is 4.17. The zero-order valence-corrected chi connectivity index (χ0v) is 10.8. The summed E-state index contributed by atoms with van der Waals surface area (Å²) >= 11 is 3.06. The van der Waals surface area contributed by atoms with Crippen molar-refractivity contribution in [1.29, 1.82) is 5.26 Å². The molecule has 0 saturated carbocycles. The Kier molecular flexibility index (Phi) is 5.83. The maximum atomic E-state index is 8.54. The lowest BCUT2D eigenvalue weighted by Gasteiger charge is -2.03. The maximum Gasteiger partial charge on any atom is 0.207 e. The highest BCUT2D eigenvalue weighted by Crippen LogP contribution is 2.27. The Labute approximate surface area is 104 Å². The van der Waals surface area contributed by atoms with Gasteiger partial charge in [0, 0.05) is 4.90 Å². The minimum atomic E-state index is 0.773. The molecule has 84 valence electrons. The second-order valence-electron chi connectivity index (χ2n) is 2.69. The number of nitriles is 1. The molecule has 5 heteroatoms. The highest BCUT2D eigenvalue weighted by molar-refractivity contribution is 8.38. The zero-order chi connectivity index (χ0) is 11.8. The zero-order valence-electron chi connectivity index (χ0n) is 9.14. The van der Waals surface area contributed by atoms with Gasteiger partial charge in [0.1, 0.15) is 10.1 Å². The summed E-state index contributed by atoms with van der Waals surface area (Å²) in [6.07, 6.45) is 1.82. The summed E-state index contributed by atoms with van der Waals surface area (Å²) in [5.41, 5.74) is 0. The Morgan fingerprint density at radius 2 is 2.12 bits per heavy atom. The predicted molar refractivity (Wildman–Crippen MR) is 70.0 cm³/mol. The van der Waals surface area contributed by atoms with Crippen LogP contribution in [0.15, 0.2) is 34.2 Å². The standard InChI is InChI=1S/C11H12N2OS2/c1-3-15-11(13-8-12)16-10-6-4-9(14-2)5-7-10/h4-7H,3H2,1-2H3. The second kappa shape index (κ2) is 7.20. The van der Waals surface area contributed by atoms with Crippen LogP contribution in [0.3, 0.4) is 0 Å². The molecule has 3 nitrogen and oxygen atoms in total. The summed E-state index contributed by atoms with van der Waals surface area (Å²) in [7, 11) is 1.64. The topological polar surface area (TPSA) is 45.4 Å². The van der Waals surface area contributed by atoms with Gasteiger partial charge in [-0.15, -0.1) is 0 Å². The number of hydrogen-bond donors (Lipinski definition) is 0. The molecule has 0 aromatic heterocycles. The van der Waals surface area contributed by atoms with Gasteiger partial charge in [0.25, 0.3) is 0 Å². The van der Waals surface area contributed by atoms with Gasteiger partial charge in [-0.1, -0.05) is 30.4 Å². The van der Waals surface area contributed by atoms with Gasteiger partial charge in [0.05, 0.1) is 7.11 Å². The molecule has 0 N–H and O–H groups in total. The van der Waals surface area contributed by atoms with Crippen LogP contribution in [0.25, 0.3) is 0 Å². The van der Waals surface area contributed by atoms with E-state index in [1.165, 1.54) is 11.8 Å². The lowest BCUT2D eigenvalue weighted by atomic mass is 10.3. The van der Waals surface area contributed by atoms with Crippen molar-refractivity contribution in [3.8, 4) is 11.9 Å². The first-order valence-corrected chi connectivity index (χ1v) is 6.51. The Balaban J connectivity index is 2.70. The first-order chi connectivity index (χ1) is 7.80. The van der Waals surface area contributed by atoms with Crippen molar-refractivity contribution >= 4 is 27.9 Å². The van der Waals surface area contributed by atoms with E-state index in [-0.39, 0.29) is 0 Å². The number of ether oxygens (including phenoxy) is 1. The minimum Gasteiger partial charge on any atom is -0.497 e. The SMILES string of the molecule is CCSC(=NC#N)Sc1ccc(OC)cc1. The average molecular weight is 252 g/mol. The number of benzene rings is 1. The number of thioether (sulfide) groups is 2. The van der Waals surface area contributed by atoms with Crippen LogP contribution in [0.2, 0.25) is 0 Å². The first kappa shape index (κ1) is 12.9. The number of methoxy groups -OCH3 is 1. The van der Waals surface area contributed by atoms with Crippen LogP contribution in [-0.4, -0.2) is 17.2 Å². The summed E-state index contributed by atoms with van der Waals surface area (Å²) in [6.45, 7) is 2.03. The smallest absolute Gasteiger partial charge is 0.207 e. The van der Waals surface area contributed by atoms with Crippen LogP contribution in [0.4, 0.5) is 0 Å². The molecular weight excluding hydrogens is 240 g/mol. The summed E-state index contributed by atoms with van der Waals surface area (Å²) in [6, 6.07) is 7.69. The van der Waals surface area contributed by atoms with E-state index in [9.17, 15) is 0 Å². The van der Waals surface area contributed by atoms with Crippen molar-refractivity contribution in [2.24, 2.45) is 4.99 Å². The molecule has 0 unspecified atom stereocenters. The van der Waals surface area contributed by atoms with E-state index in [2.05, 4.69) is 4.99 Å². The summed E-state index contributed by atoms with van der Waals surface area (Å²) in [5, 5.41) is 8.54. The van der Waals surface area contributed by atoms with Crippen LogP contribution in [-0.2, 0) is 0 Å². The molecule has 0 spiro atoms. The summed E-state index contributed by atoms with van der Waals surface area (Å²) in [5.74, 6) is 1.73. The molecule has 1 rings (SSSR count). The predicted octanol–water partition coefficient (Wildman–Crippen LogP) is 3.38. The Bertz CT molecular complexity index is 395. The van der Waals surface area contributed by atoms with Gasteiger partial charge in [0.2, 0.25) is 6.19 Å². The quantitative estimate of drug-likeness (QED) is 0.358. The Morgan fingerprint density at radius 1 is 1.44 bits per heavy atom. The third-order valence-electron chi connectivity index (χ3n) is 1.67. The molecule has 0 atom stereocenters. The third-order valence-corrected chi connectivity index (χ3v) is 3.68. The highest BCUT2D eigenvalue weighted by Gasteiger charge is 2.03.